The van der Waals surface area contributed by atoms with Crippen LogP contribution in [-0.4, -0.2) is 15.0 Å². The average Bonchev–Trinajstić information content (AvgIpc) is 3.73. The highest BCUT2D eigenvalue weighted by atomic mass is 32.1. The van der Waals surface area contributed by atoms with Crippen molar-refractivity contribution in [1.82, 2.24) is 15.0 Å². The van der Waals surface area contributed by atoms with E-state index in [1.807, 2.05) is 11.3 Å². The quantitative estimate of drug-likeness (QED) is 0.168. The van der Waals surface area contributed by atoms with Crippen molar-refractivity contribution in [2.75, 3.05) is 0 Å². The van der Waals surface area contributed by atoms with E-state index in [9.17, 15) is 0 Å². The van der Waals surface area contributed by atoms with E-state index in [4.69, 9.17) is 15.0 Å². The van der Waals surface area contributed by atoms with Gasteiger partial charge in [0.25, 0.3) is 0 Å². The second kappa shape index (κ2) is 14.5. The highest BCUT2D eigenvalue weighted by molar-refractivity contribution is 7.27. The molecule has 4 heteroatoms. The van der Waals surface area contributed by atoms with Crippen LogP contribution >= 0.6 is 11.3 Å². The molecule has 0 aliphatic rings. The van der Waals surface area contributed by atoms with Gasteiger partial charge in [0.2, 0.25) is 0 Å². The second-order valence-electron chi connectivity index (χ2n) is 15.6. The van der Waals surface area contributed by atoms with E-state index in [0.717, 1.165) is 44.2 Å². The van der Waals surface area contributed by atoms with Crippen molar-refractivity contribution in [2.24, 2.45) is 0 Å². The van der Waals surface area contributed by atoms with Gasteiger partial charge >= 0.3 is 0 Å². The lowest BCUT2D eigenvalue weighted by Crippen LogP contribution is -2.00. The molecule has 0 bridgehead atoms. The molecule has 61 heavy (non-hydrogen) atoms. The van der Waals surface area contributed by atoms with Gasteiger partial charge in [-0.1, -0.05) is 182 Å². The van der Waals surface area contributed by atoms with Gasteiger partial charge in [0.1, 0.15) is 0 Å². The molecule has 0 unspecified atom stereocenters. The lowest BCUT2D eigenvalue weighted by atomic mass is 9.95. The fourth-order valence-corrected chi connectivity index (χ4v) is 10.1. The molecule has 0 aliphatic heterocycles. The van der Waals surface area contributed by atoms with Crippen molar-refractivity contribution in [3.05, 3.63) is 212 Å². The maximum absolute atomic E-state index is 5.14. The Labute approximate surface area is 356 Å². The maximum Gasteiger partial charge on any atom is 0.164 e. The molecule has 0 N–H and O–H groups in total. The van der Waals surface area contributed by atoms with Crippen molar-refractivity contribution in [2.45, 2.75) is 0 Å². The summed E-state index contributed by atoms with van der Waals surface area (Å²) in [6, 6.07) is 75.9. The molecule has 284 valence electrons. The molecule has 0 fully saturated rings. The van der Waals surface area contributed by atoms with Gasteiger partial charge in [-0.05, 0) is 96.0 Å². The average molecular weight is 794 g/mol. The minimum absolute atomic E-state index is 0.635. The van der Waals surface area contributed by atoms with E-state index < -0.39 is 0 Å². The van der Waals surface area contributed by atoms with Gasteiger partial charge in [-0.15, -0.1) is 11.3 Å². The zero-order chi connectivity index (χ0) is 40.3. The summed E-state index contributed by atoms with van der Waals surface area (Å²) < 4.78 is 2.67. The smallest absolute Gasteiger partial charge is 0.164 e. The third-order valence-electron chi connectivity index (χ3n) is 11.9. The summed E-state index contributed by atoms with van der Waals surface area (Å²) in [5.41, 5.74) is 9.87. The molecule has 0 saturated heterocycles. The Bertz CT molecular complexity index is 3580. The molecule has 0 aliphatic carbocycles. The van der Waals surface area contributed by atoms with Crippen LogP contribution in [0.25, 0.3) is 120 Å². The highest BCUT2D eigenvalue weighted by Gasteiger charge is 2.16. The van der Waals surface area contributed by atoms with Crippen molar-refractivity contribution in [1.29, 1.82) is 0 Å². The van der Waals surface area contributed by atoms with Crippen LogP contribution in [-0.2, 0) is 0 Å². The minimum Gasteiger partial charge on any atom is -0.208 e. The molecule has 0 radical (unpaired) electrons. The molecular weight excluding hydrogens is 759 g/mol. The molecule has 0 spiro atoms. The normalized spacial score (nSPS) is 11.6. The van der Waals surface area contributed by atoms with E-state index in [-0.39, 0.29) is 0 Å². The first kappa shape index (κ1) is 35.2. The molecule has 12 aromatic rings. The molecule has 2 heterocycles. The van der Waals surface area contributed by atoms with Crippen LogP contribution in [0.5, 0.6) is 0 Å². The summed E-state index contributed by atoms with van der Waals surface area (Å²) >= 11 is 1.90. The standard InChI is InChI=1S/C57H35N3S/c1-3-14-39-33-47(27-25-36(39)11-1)56-58-55(59-57(60-56)48-28-26-37-12-2-4-15-40(37)34-48)46-21-9-19-44(35-46)42-17-7-16-41(31-42)43-18-8-20-45(32-43)50-23-10-24-51-52-30-29-38-13-5-6-22-49(38)53(52)61-54(50)51/h1-35H. The first-order chi connectivity index (χ1) is 30.2. The van der Waals surface area contributed by atoms with Gasteiger partial charge in [-0.25, -0.2) is 15.0 Å². The predicted octanol–water partition coefficient (Wildman–Crippen LogP) is 15.7. The summed E-state index contributed by atoms with van der Waals surface area (Å²) in [7, 11) is 0. The van der Waals surface area contributed by atoms with Gasteiger partial charge in [0.15, 0.2) is 17.5 Å². The molecule has 3 nitrogen and oxygen atoms in total. The molecule has 10 aromatic carbocycles. The Morgan fingerprint density at radius 3 is 1.26 bits per heavy atom. The van der Waals surface area contributed by atoms with E-state index in [1.54, 1.807) is 0 Å². The molecule has 2 aromatic heterocycles. The molecular formula is C57H35N3S. The van der Waals surface area contributed by atoms with E-state index in [1.165, 1.54) is 58.4 Å². The Morgan fingerprint density at radius 1 is 0.246 bits per heavy atom. The van der Waals surface area contributed by atoms with E-state index in [2.05, 4.69) is 212 Å². The predicted molar refractivity (Wildman–Crippen MR) is 258 cm³/mol. The van der Waals surface area contributed by atoms with Gasteiger partial charge in [-0.3, -0.25) is 0 Å². The fraction of sp³-hybridized carbons (Fsp3) is 0. The SMILES string of the molecule is c1cc(-c2cccc(-c3nc(-c4ccc5ccccc5c4)nc(-c4ccc5ccccc5c4)n3)c2)cc(-c2cccc(-c3cccc4c3sc3c5ccccc5ccc43)c2)c1. The van der Waals surface area contributed by atoms with E-state index >= 15 is 0 Å². The Hall–Kier alpha value is -7.79. The molecule has 0 amide bonds. The van der Waals surface area contributed by atoms with Gasteiger partial charge in [0.05, 0.1) is 0 Å². The summed E-state index contributed by atoms with van der Waals surface area (Å²) in [6.07, 6.45) is 0. The van der Waals surface area contributed by atoms with E-state index in [0.29, 0.717) is 17.5 Å². The number of hydrogen-bond donors (Lipinski definition) is 0. The molecule has 0 atom stereocenters. The number of hydrogen-bond acceptors (Lipinski definition) is 4. The largest absolute Gasteiger partial charge is 0.208 e. The second-order valence-corrected chi connectivity index (χ2v) is 16.6. The van der Waals surface area contributed by atoms with Crippen LogP contribution < -0.4 is 0 Å². The van der Waals surface area contributed by atoms with Crippen LogP contribution in [0.2, 0.25) is 0 Å². The van der Waals surface area contributed by atoms with Gasteiger partial charge in [0, 0.05) is 36.9 Å². The maximum atomic E-state index is 5.14. The van der Waals surface area contributed by atoms with Crippen LogP contribution in [0.1, 0.15) is 0 Å². The third kappa shape index (κ3) is 6.33. The summed E-state index contributed by atoms with van der Waals surface area (Å²) in [5.74, 6) is 1.92. The number of nitrogens with zero attached hydrogens (tertiary/aromatic N) is 3. The fourth-order valence-electron chi connectivity index (χ4n) is 8.76. The number of benzene rings is 10. The van der Waals surface area contributed by atoms with Crippen LogP contribution in [0.3, 0.4) is 0 Å². The third-order valence-corrected chi connectivity index (χ3v) is 13.2. The van der Waals surface area contributed by atoms with Crippen molar-refractivity contribution in [3.8, 4) is 67.5 Å². The summed E-state index contributed by atoms with van der Waals surface area (Å²) in [6.45, 7) is 0. The van der Waals surface area contributed by atoms with Crippen molar-refractivity contribution >= 4 is 63.8 Å². The monoisotopic (exact) mass is 793 g/mol. The summed E-state index contributed by atoms with van der Waals surface area (Å²) in [5, 5.41) is 9.87. The molecule has 0 saturated carbocycles. The highest BCUT2D eigenvalue weighted by Crippen LogP contribution is 2.43. The van der Waals surface area contributed by atoms with Crippen LogP contribution in [0.4, 0.5) is 0 Å². The lowest BCUT2D eigenvalue weighted by molar-refractivity contribution is 1.08. The molecule has 12 rings (SSSR count). The number of aromatic nitrogens is 3. The zero-order valence-corrected chi connectivity index (χ0v) is 33.8. The number of fused-ring (bicyclic) bond motifs is 7. The lowest BCUT2D eigenvalue weighted by Gasteiger charge is -2.11. The van der Waals surface area contributed by atoms with Crippen molar-refractivity contribution in [3.63, 3.8) is 0 Å². The summed E-state index contributed by atoms with van der Waals surface area (Å²) in [4.78, 5) is 15.4. The first-order valence-corrected chi connectivity index (χ1v) is 21.4. The topological polar surface area (TPSA) is 38.7 Å². The van der Waals surface area contributed by atoms with Crippen LogP contribution in [0, 0.1) is 0 Å². The Kier molecular flexibility index (Phi) is 8.36. The van der Waals surface area contributed by atoms with Gasteiger partial charge < -0.3 is 0 Å². The van der Waals surface area contributed by atoms with Crippen LogP contribution in [0.15, 0.2) is 212 Å². The van der Waals surface area contributed by atoms with Crippen molar-refractivity contribution < 1.29 is 0 Å². The first-order valence-electron chi connectivity index (χ1n) is 20.6. The Morgan fingerprint density at radius 2 is 0.656 bits per heavy atom. The Balaban J connectivity index is 0.927. The number of thiophene rings is 1. The van der Waals surface area contributed by atoms with Gasteiger partial charge in [-0.2, -0.15) is 0 Å². The minimum atomic E-state index is 0.635. The number of rotatable bonds is 6. The zero-order valence-electron chi connectivity index (χ0n) is 33.0.